The summed E-state index contributed by atoms with van der Waals surface area (Å²) in [6.45, 7) is 0. The smallest absolute Gasteiger partial charge is 0.136 e. The Labute approximate surface area is 182 Å². The standard InChI is InChI=1S/C25H16ClN3O2/c26-16-4-3-5-17(13-16)28-29-18-9-11-22(30)21(14-18)25(27)15-8-10-20-19-6-1-2-7-23(19)31-24(20)12-15/h1-14,27,30H. The highest BCUT2D eigenvalue weighted by molar-refractivity contribution is 6.30. The van der Waals surface area contributed by atoms with Crippen LogP contribution in [0, 0.1) is 5.41 Å². The summed E-state index contributed by atoms with van der Waals surface area (Å²) in [5, 5.41) is 30.0. The molecular weight excluding hydrogens is 410 g/mol. The number of benzene rings is 4. The second-order valence-corrected chi connectivity index (χ2v) is 7.50. The lowest BCUT2D eigenvalue weighted by atomic mass is 10.00. The molecule has 0 fully saturated rings. The first-order chi connectivity index (χ1) is 15.1. The highest BCUT2D eigenvalue weighted by Gasteiger charge is 2.14. The number of aromatic hydroxyl groups is 1. The van der Waals surface area contributed by atoms with Crippen molar-refractivity contribution in [2.75, 3.05) is 0 Å². The van der Waals surface area contributed by atoms with E-state index in [2.05, 4.69) is 10.2 Å². The Morgan fingerprint density at radius 2 is 1.55 bits per heavy atom. The average molecular weight is 426 g/mol. The molecule has 0 amide bonds. The van der Waals surface area contributed by atoms with Crippen LogP contribution in [0.15, 0.2) is 99.6 Å². The molecule has 150 valence electrons. The summed E-state index contributed by atoms with van der Waals surface area (Å²) >= 11 is 5.98. The summed E-state index contributed by atoms with van der Waals surface area (Å²) in [7, 11) is 0. The van der Waals surface area contributed by atoms with Gasteiger partial charge in [0, 0.05) is 26.9 Å². The number of phenolic OH excluding ortho intramolecular Hbond substituents is 1. The molecule has 5 rings (SSSR count). The van der Waals surface area contributed by atoms with E-state index < -0.39 is 0 Å². The number of halogens is 1. The minimum atomic E-state index is -0.00333. The van der Waals surface area contributed by atoms with Crippen molar-refractivity contribution in [1.82, 2.24) is 0 Å². The highest BCUT2D eigenvalue weighted by atomic mass is 35.5. The first-order valence-corrected chi connectivity index (χ1v) is 9.97. The Bertz CT molecular complexity index is 1490. The summed E-state index contributed by atoms with van der Waals surface area (Å²) in [5.74, 6) is -0.00333. The molecule has 0 bridgehead atoms. The van der Waals surface area contributed by atoms with Crippen molar-refractivity contribution >= 4 is 50.6 Å². The Morgan fingerprint density at radius 1 is 0.774 bits per heavy atom. The molecule has 5 nitrogen and oxygen atoms in total. The molecule has 2 N–H and O–H groups in total. The topological polar surface area (TPSA) is 81.9 Å². The van der Waals surface area contributed by atoms with Gasteiger partial charge in [-0.05, 0) is 54.6 Å². The zero-order valence-corrected chi connectivity index (χ0v) is 17.0. The van der Waals surface area contributed by atoms with Gasteiger partial charge in [-0.15, -0.1) is 0 Å². The lowest BCUT2D eigenvalue weighted by Gasteiger charge is -2.08. The number of nitrogens with zero attached hydrogens (tertiary/aromatic N) is 2. The first-order valence-electron chi connectivity index (χ1n) is 9.59. The van der Waals surface area contributed by atoms with Crippen LogP contribution in [0.2, 0.25) is 5.02 Å². The van der Waals surface area contributed by atoms with E-state index in [-0.39, 0.29) is 11.5 Å². The maximum Gasteiger partial charge on any atom is 0.136 e. The molecule has 0 unspecified atom stereocenters. The fraction of sp³-hybridized carbons (Fsp3) is 0. The quantitative estimate of drug-likeness (QED) is 0.227. The fourth-order valence-corrected chi connectivity index (χ4v) is 3.66. The van der Waals surface area contributed by atoms with E-state index in [4.69, 9.17) is 21.4 Å². The number of hydrogen-bond acceptors (Lipinski definition) is 5. The number of fused-ring (bicyclic) bond motifs is 3. The molecule has 5 aromatic rings. The molecule has 0 saturated heterocycles. The van der Waals surface area contributed by atoms with Crippen LogP contribution >= 0.6 is 11.6 Å². The predicted molar refractivity (Wildman–Crippen MR) is 123 cm³/mol. The van der Waals surface area contributed by atoms with E-state index in [1.165, 1.54) is 6.07 Å². The SMILES string of the molecule is N=C(c1ccc2c(c1)oc1ccccc12)c1cc(N=Nc2cccc(Cl)c2)ccc1O. The van der Waals surface area contributed by atoms with E-state index in [0.29, 0.717) is 33.1 Å². The number of hydrogen-bond donors (Lipinski definition) is 2. The van der Waals surface area contributed by atoms with Crippen LogP contribution in [-0.2, 0) is 0 Å². The number of para-hydroxylation sites is 1. The summed E-state index contributed by atoms with van der Waals surface area (Å²) in [6, 6.07) is 25.3. The lowest BCUT2D eigenvalue weighted by Crippen LogP contribution is -2.01. The molecule has 1 aromatic heterocycles. The van der Waals surface area contributed by atoms with E-state index >= 15 is 0 Å². The van der Waals surface area contributed by atoms with Crippen LogP contribution in [0.1, 0.15) is 11.1 Å². The molecule has 0 aliphatic carbocycles. The van der Waals surface area contributed by atoms with E-state index in [9.17, 15) is 5.11 Å². The molecule has 0 saturated carbocycles. The van der Waals surface area contributed by atoms with Crippen molar-refractivity contribution in [2.24, 2.45) is 10.2 Å². The van der Waals surface area contributed by atoms with Gasteiger partial charge < -0.3 is 9.52 Å². The van der Waals surface area contributed by atoms with Gasteiger partial charge in [0.05, 0.1) is 17.1 Å². The van der Waals surface area contributed by atoms with Crippen molar-refractivity contribution in [2.45, 2.75) is 0 Å². The Morgan fingerprint density at radius 3 is 2.39 bits per heavy atom. The number of nitrogens with one attached hydrogen (secondary N) is 1. The monoisotopic (exact) mass is 425 g/mol. The Kier molecular flexibility index (Phi) is 4.73. The third-order valence-electron chi connectivity index (χ3n) is 5.01. The summed E-state index contributed by atoms with van der Waals surface area (Å²) in [6.07, 6.45) is 0. The molecule has 0 aliphatic rings. The lowest BCUT2D eigenvalue weighted by molar-refractivity contribution is 0.474. The molecule has 31 heavy (non-hydrogen) atoms. The van der Waals surface area contributed by atoms with Crippen LogP contribution < -0.4 is 0 Å². The molecule has 6 heteroatoms. The van der Waals surface area contributed by atoms with Crippen molar-refractivity contribution in [3.8, 4) is 5.75 Å². The summed E-state index contributed by atoms with van der Waals surface area (Å²) in [4.78, 5) is 0. The molecule has 1 heterocycles. The van der Waals surface area contributed by atoms with Gasteiger partial charge in [0.25, 0.3) is 0 Å². The Hall–Kier alpha value is -3.96. The number of furan rings is 1. The largest absolute Gasteiger partial charge is 0.507 e. The Balaban J connectivity index is 1.50. The maximum atomic E-state index is 10.4. The van der Waals surface area contributed by atoms with E-state index in [1.54, 1.807) is 36.4 Å². The molecule has 4 aromatic carbocycles. The summed E-state index contributed by atoms with van der Waals surface area (Å²) < 4.78 is 5.93. The number of rotatable bonds is 4. The number of phenols is 1. The van der Waals surface area contributed by atoms with Crippen LogP contribution in [0.5, 0.6) is 5.75 Å². The van der Waals surface area contributed by atoms with Crippen LogP contribution in [0.3, 0.4) is 0 Å². The molecule has 0 radical (unpaired) electrons. The molecule has 0 aliphatic heterocycles. The van der Waals surface area contributed by atoms with Gasteiger partial charge in [0.15, 0.2) is 0 Å². The van der Waals surface area contributed by atoms with Crippen molar-refractivity contribution in [3.05, 3.63) is 101 Å². The van der Waals surface area contributed by atoms with Crippen LogP contribution in [0.25, 0.3) is 21.9 Å². The normalized spacial score (nSPS) is 11.5. The zero-order chi connectivity index (χ0) is 21.4. The van der Waals surface area contributed by atoms with Crippen LogP contribution in [0.4, 0.5) is 11.4 Å². The molecular formula is C25H16ClN3O2. The fourth-order valence-electron chi connectivity index (χ4n) is 3.48. The third-order valence-corrected chi connectivity index (χ3v) is 5.24. The van der Waals surface area contributed by atoms with Gasteiger partial charge in [-0.25, -0.2) is 0 Å². The second kappa shape index (κ2) is 7.70. The zero-order valence-electron chi connectivity index (χ0n) is 16.2. The minimum absolute atomic E-state index is 0.00333. The third kappa shape index (κ3) is 3.67. The second-order valence-electron chi connectivity index (χ2n) is 7.07. The van der Waals surface area contributed by atoms with E-state index in [1.807, 2.05) is 42.5 Å². The summed E-state index contributed by atoms with van der Waals surface area (Å²) in [5.41, 5.74) is 3.78. The van der Waals surface area contributed by atoms with Crippen LogP contribution in [-0.4, -0.2) is 10.8 Å². The van der Waals surface area contributed by atoms with Gasteiger partial charge in [-0.2, -0.15) is 10.2 Å². The van der Waals surface area contributed by atoms with Crippen molar-refractivity contribution in [3.63, 3.8) is 0 Å². The van der Waals surface area contributed by atoms with E-state index in [0.717, 1.165) is 16.4 Å². The van der Waals surface area contributed by atoms with Crippen molar-refractivity contribution in [1.29, 1.82) is 5.41 Å². The van der Waals surface area contributed by atoms with Gasteiger partial charge in [0.1, 0.15) is 16.9 Å². The minimum Gasteiger partial charge on any atom is -0.507 e. The molecule has 0 spiro atoms. The maximum absolute atomic E-state index is 10.4. The highest BCUT2D eigenvalue weighted by Crippen LogP contribution is 2.32. The van der Waals surface area contributed by atoms with Gasteiger partial charge in [-0.3, -0.25) is 5.41 Å². The first kappa shape index (κ1) is 19.0. The number of azo groups is 1. The predicted octanol–water partition coefficient (Wildman–Crippen LogP) is 7.78. The molecule has 0 atom stereocenters. The van der Waals surface area contributed by atoms with Gasteiger partial charge >= 0.3 is 0 Å². The van der Waals surface area contributed by atoms with Crippen molar-refractivity contribution < 1.29 is 9.52 Å². The average Bonchev–Trinajstić information content (AvgIpc) is 3.16. The van der Waals surface area contributed by atoms with Gasteiger partial charge in [-0.1, -0.05) is 41.9 Å². The van der Waals surface area contributed by atoms with Gasteiger partial charge in [0.2, 0.25) is 0 Å².